The number of hydrogen-bond acceptors (Lipinski definition) is 4. The second-order valence-corrected chi connectivity index (χ2v) is 6.55. The number of aliphatic imine (C=N–C) groups is 1. The molecule has 1 aliphatic rings. The highest BCUT2D eigenvalue weighted by Crippen LogP contribution is 2.19. The molecule has 0 atom stereocenters. The number of isocyanates is 1. The van der Waals surface area contributed by atoms with Crippen molar-refractivity contribution >= 4 is 21.8 Å². The van der Waals surface area contributed by atoms with Crippen molar-refractivity contribution in [1.29, 1.82) is 0 Å². The molecule has 1 aromatic carbocycles. The minimum Gasteiger partial charge on any atom is -0.212 e. The van der Waals surface area contributed by atoms with Gasteiger partial charge in [-0.1, -0.05) is 18.6 Å². The van der Waals surface area contributed by atoms with E-state index < -0.39 is 10.0 Å². The first kappa shape index (κ1) is 13.9. The Balaban J connectivity index is 2.08. The van der Waals surface area contributed by atoms with E-state index in [9.17, 15) is 13.2 Å². The molecule has 6 heteroatoms. The number of carbonyl (C=O) groups excluding carboxylic acids is 1. The molecular formula is C13H16N2O3S. The fourth-order valence-corrected chi connectivity index (χ4v) is 3.78. The predicted octanol–water partition coefficient (Wildman–Crippen LogP) is 1.97. The van der Waals surface area contributed by atoms with Crippen LogP contribution in [0.2, 0.25) is 0 Å². The molecule has 0 unspecified atom stereocenters. The minimum atomic E-state index is -3.24. The van der Waals surface area contributed by atoms with E-state index in [0.29, 0.717) is 24.3 Å². The molecule has 0 spiro atoms. The van der Waals surface area contributed by atoms with Crippen molar-refractivity contribution in [3.63, 3.8) is 0 Å². The maximum Gasteiger partial charge on any atom is 0.240 e. The molecule has 19 heavy (non-hydrogen) atoms. The Morgan fingerprint density at radius 2 is 1.74 bits per heavy atom. The van der Waals surface area contributed by atoms with Crippen LogP contribution in [-0.4, -0.2) is 31.9 Å². The highest BCUT2D eigenvalue weighted by Gasteiger charge is 2.23. The van der Waals surface area contributed by atoms with Crippen LogP contribution in [0.1, 0.15) is 24.8 Å². The first-order chi connectivity index (χ1) is 9.12. The molecule has 5 nitrogen and oxygen atoms in total. The summed E-state index contributed by atoms with van der Waals surface area (Å²) in [6.45, 7) is 1.24. The lowest BCUT2D eigenvalue weighted by Gasteiger charge is -2.25. The maximum absolute atomic E-state index is 12.2. The van der Waals surface area contributed by atoms with Gasteiger partial charge in [0.1, 0.15) is 0 Å². The molecule has 0 N–H and O–H groups in total. The number of hydrogen-bond donors (Lipinski definition) is 0. The molecule has 0 aliphatic carbocycles. The van der Waals surface area contributed by atoms with E-state index in [0.717, 1.165) is 19.3 Å². The van der Waals surface area contributed by atoms with Gasteiger partial charge in [-0.2, -0.15) is 4.99 Å². The van der Waals surface area contributed by atoms with Gasteiger partial charge in [0.25, 0.3) is 0 Å². The summed E-state index contributed by atoms with van der Waals surface area (Å²) in [5.74, 6) is -0.00190. The fourth-order valence-electron chi connectivity index (χ4n) is 2.16. The fraction of sp³-hybridized carbons (Fsp3) is 0.462. The van der Waals surface area contributed by atoms with Crippen LogP contribution in [-0.2, 0) is 20.6 Å². The average Bonchev–Trinajstić information content (AvgIpc) is 2.42. The Morgan fingerprint density at radius 1 is 1.11 bits per heavy atom. The van der Waals surface area contributed by atoms with Crippen LogP contribution in [0.4, 0.5) is 5.69 Å². The molecule has 0 amide bonds. The maximum atomic E-state index is 12.2. The number of sulfonamides is 1. The molecule has 0 radical (unpaired) electrons. The molecule has 0 aromatic heterocycles. The minimum absolute atomic E-state index is 0.00190. The van der Waals surface area contributed by atoms with Crippen molar-refractivity contribution in [3.05, 3.63) is 29.8 Å². The largest absolute Gasteiger partial charge is 0.240 e. The van der Waals surface area contributed by atoms with Crippen molar-refractivity contribution in [2.45, 2.75) is 25.0 Å². The van der Waals surface area contributed by atoms with Crippen LogP contribution in [0.25, 0.3) is 0 Å². The molecule has 1 aliphatic heterocycles. The van der Waals surface area contributed by atoms with Gasteiger partial charge in [-0.15, -0.1) is 0 Å². The Labute approximate surface area is 113 Å². The zero-order valence-corrected chi connectivity index (χ0v) is 11.4. The van der Waals surface area contributed by atoms with Gasteiger partial charge in [-0.3, -0.25) is 0 Å². The van der Waals surface area contributed by atoms with Crippen LogP contribution in [0.3, 0.4) is 0 Å². The lowest BCUT2D eigenvalue weighted by molar-refractivity contribution is 0.346. The molecular weight excluding hydrogens is 264 g/mol. The molecule has 0 bridgehead atoms. The highest BCUT2D eigenvalue weighted by molar-refractivity contribution is 7.88. The highest BCUT2D eigenvalue weighted by atomic mass is 32.2. The number of nitrogens with zero attached hydrogens (tertiary/aromatic N) is 2. The van der Waals surface area contributed by atoms with E-state index in [2.05, 4.69) is 4.99 Å². The molecule has 1 heterocycles. The molecule has 102 valence electrons. The molecule has 0 saturated carbocycles. The number of benzene rings is 1. The Bertz CT molecular complexity index is 568. The van der Waals surface area contributed by atoms with E-state index in [1.807, 2.05) is 0 Å². The van der Waals surface area contributed by atoms with Crippen molar-refractivity contribution in [2.75, 3.05) is 13.1 Å². The Morgan fingerprint density at radius 3 is 2.32 bits per heavy atom. The van der Waals surface area contributed by atoms with E-state index in [1.54, 1.807) is 28.6 Å². The summed E-state index contributed by atoms with van der Waals surface area (Å²) in [5.41, 5.74) is 1.18. The smallest absolute Gasteiger partial charge is 0.212 e. The topological polar surface area (TPSA) is 66.8 Å². The lowest BCUT2D eigenvalue weighted by atomic mass is 10.2. The first-order valence-electron chi connectivity index (χ1n) is 6.26. The van der Waals surface area contributed by atoms with Crippen molar-refractivity contribution in [3.8, 4) is 0 Å². The van der Waals surface area contributed by atoms with E-state index in [4.69, 9.17) is 0 Å². The van der Waals surface area contributed by atoms with Crippen LogP contribution in [0.5, 0.6) is 0 Å². The van der Waals surface area contributed by atoms with Gasteiger partial charge in [-0.25, -0.2) is 17.5 Å². The number of piperidine rings is 1. The van der Waals surface area contributed by atoms with Gasteiger partial charge in [0.15, 0.2) is 0 Å². The Hall–Kier alpha value is -1.49. The van der Waals surface area contributed by atoms with Crippen LogP contribution < -0.4 is 0 Å². The standard InChI is InChI=1S/C13H16N2O3S/c16-11-14-13-6-4-12(5-7-13)10-19(17,18)15-8-2-1-3-9-15/h4-7H,1-3,8-10H2. The summed E-state index contributed by atoms with van der Waals surface area (Å²) in [7, 11) is -3.24. The third-order valence-corrected chi connectivity index (χ3v) is 5.02. The summed E-state index contributed by atoms with van der Waals surface area (Å²) in [6.07, 6.45) is 4.43. The first-order valence-corrected chi connectivity index (χ1v) is 7.87. The third kappa shape index (κ3) is 3.73. The predicted molar refractivity (Wildman–Crippen MR) is 72.3 cm³/mol. The molecule has 1 saturated heterocycles. The SMILES string of the molecule is O=C=Nc1ccc(CS(=O)(=O)N2CCCCC2)cc1. The summed E-state index contributed by atoms with van der Waals surface area (Å²) in [4.78, 5) is 13.6. The quantitative estimate of drug-likeness (QED) is 0.625. The summed E-state index contributed by atoms with van der Waals surface area (Å²) in [5, 5.41) is 0. The van der Waals surface area contributed by atoms with E-state index in [-0.39, 0.29) is 5.75 Å². The van der Waals surface area contributed by atoms with Gasteiger partial charge in [0, 0.05) is 13.1 Å². The normalized spacial score (nSPS) is 16.8. The summed E-state index contributed by atoms with van der Waals surface area (Å²) < 4.78 is 26.0. The van der Waals surface area contributed by atoms with Gasteiger partial charge >= 0.3 is 0 Å². The zero-order valence-electron chi connectivity index (χ0n) is 10.6. The monoisotopic (exact) mass is 280 g/mol. The number of rotatable bonds is 4. The lowest BCUT2D eigenvalue weighted by Crippen LogP contribution is -2.36. The Kier molecular flexibility index (Phi) is 4.47. The van der Waals surface area contributed by atoms with Crippen LogP contribution >= 0.6 is 0 Å². The summed E-state index contributed by atoms with van der Waals surface area (Å²) in [6, 6.07) is 6.59. The third-order valence-electron chi connectivity index (χ3n) is 3.17. The van der Waals surface area contributed by atoms with Crippen molar-refractivity contribution in [2.24, 2.45) is 4.99 Å². The van der Waals surface area contributed by atoms with Gasteiger partial charge in [0.2, 0.25) is 16.1 Å². The van der Waals surface area contributed by atoms with Gasteiger partial charge in [0.05, 0.1) is 11.4 Å². The zero-order chi connectivity index (χ0) is 13.7. The second-order valence-electron chi connectivity index (χ2n) is 4.59. The van der Waals surface area contributed by atoms with Gasteiger partial charge < -0.3 is 0 Å². The van der Waals surface area contributed by atoms with E-state index >= 15 is 0 Å². The van der Waals surface area contributed by atoms with E-state index in [1.165, 1.54) is 6.08 Å². The molecule has 2 rings (SSSR count). The van der Waals surface area contributed by atoms with Crippen molar-refractivity contribution < 1.29 is 13.2 Å². The average molecular weight is 280 g/mol. The molecule has 1 aromatic rings. The molecule has 1 fully saturated rings. The van der Waals surface area contributed by atoms with Gasteiger partial charge in [-0.05, 0) is 30.5 Å². The van der Waals surface area contributed by atoms with Crippen LogP contribution in [0.15, 0.2) is 29.3 Å². The second kappa shape index (κ2) is 6.10. The van der Waals surface area contributed by atoms with Crippen LogP contribution in [0, 0.1) is 0 Å². The van der Waals surface area contributed by atoms with Crippen molar-refractivity contribution in [1.82, 2.24) is 4.31 Å². The summed E-state index contributed by atoms with van der Waals surface area (Å²) >= 11 is 0.